The quantitative estimate of drug-likeness (QED) is 0.879. The summed E-state index contributed by atoms with van der Waals surface area (Å²) in [5, 5.41) is 5.98. The second kappa shape index (κ2) is 8.17. The van der Waals surface area contributed by atoms with E-state index < -0.39 is 0 Å². The van der Waals surface area contributed by atoms with E-state index in [4.69, 9.17) is 4.74 Å². The molecule has 2 amide bonds. The predicted molar refractivity (Wildman–Crippen MR) is 88.3 cm³/mol. The van der Waals surface area contributed by atoms with Gasteiger partial charge in [0.2, 0.25) is 0 Å². The monoisotopic (exact) mass is 308 g/mol. The number of thioether (sulfide) groups is 1. The lowest BCUT2D eigenvalue weighted by molar-refractivity contribution is 0.236. The van der Waals surface area contributed by atoms with Crippen LogP contribution in [0.4, 0.5) is 4.79 Å². The van der Waals surface area contributed by atoms with Crippen molar-refractivity contribution in [1.29, 1.82) is 0 Å². The van der Waals surface area contributed by atoms with E-state index in [0.717, 1.165) is 42.1 Å². The van der Waals surface area contributed by atoms with Crippen LogP contribution in [-0.4, -0.2) is 37.2 Å². The Morgan fingerprint density at radius 2 is 2.14 bits per heavy atom. The molecule has 0 atom stereocenters. The van der Waals surface area contributed by atoms with Crippen molar-refractivity contribution >= 4 is 17.8 Å². The summed E-state index contributed by atoms with van der Waals surface area (Å²) < 4.78 is 5.31. The highest BCUT2D eigenvalue weighted by Gasteiger charge is 2.15. The third-order valence-corrected chi connectivity index (χ3v) is 4.78. The van der Waals surface area contributed by atoms with Gasteiger partial charge in [0, 0.05) is 12.6 Å². The molecule has 0 saturated carbocycles. The van der Waals surface area contributed by atoms with Gasteiger partial charge in [-0.2, -0.15) is 11.8 Å². The molecule has 1 aromatic carbocycles. The van der Waals surface area contributed by atoms with Gasteiger partial charge in [0.25, 0.3) is 0 Å². The van der Waals surface area contributed by atoms with Crippen molar-refractivity contribution < 1.29 is 9.53 Å². The molecule has 116 valence electrons. The van der Waals surface area contributed by atoms with Crippen molar-refractivity contribution in [2.24, 2.45) is 0 Å². The SMILES string of the molecule is COc1cc(CCNC(=O)NC2CCSCC2)ccc1C. The molecule has 0 aliphatic carbocycles. The van der Waals surface area contributed by atoms with Crippen LogP contribution in [-0.2, 0) is 6.42 Å². The zero-order valence-corrected chi connectivity index (χ0v) is 13.6. The Labute approximate surface area is 131 Å². The summed E-state index contributed by atoms with van der Waals surface area (Å²) in [5.74, 6) is 3.19. The van der Waals surface area contributed by atoms with E-state index in [0.29, 0.717) is 12.6 Å². The van der Waals surface area contributed by atoms with Gasteiger partial charge in [-0.3, -0.25) is 0 Å². The molecule has 0 aromatic heterocycles. The number of aryl methyl sites for hydroxylation is 1. The molecule has 4 nitrogen and oxygen atoms in total. The highest BCUT2D eigenvalue weighted by atomic mass is 32.2. The van der Waals surface area contributed by atoms with Crippen LogP contribution in [0, 0.1) is 6.92 Å². The van der Waals surface area contributed by atoms with Crippen LogP contribution >= 0.6 is 11.8 Å². The number of benzene rings is 1. The van der Waals surface area contributed by atoms with Gasteiger partial charge in [-0.1, -0.05) is 12.1 Å². The molecule has 1 aliphatic rings. The number of carbonyl (C=O) groups is 1. The minimum atomic E-state index is -0.0500. The molecular formula is C16H24N2O2S. The van der Waals surface area contributed by atoms with Crippen LogP contribution in [0.25, 0.3) is 0 Å². The van der Waals surface area contributed by atoms with Crippen LogP contribution in [0.15, 0.2) is 18.2 Å². The second-order valence-corrected chi connectivity index (χ2v) is 6.57. The summed E-state index contributed by atoms with van der Waals surface area (Å²) in [5.41, 5.74) is 2.30. The van der Waals surface area contributed by atoms with Gasteiger partial charge in [-0.05, 0) is 54.9 Å². The summed E-state index contributed by atoms with van der Waals surface area (Å²) in [6, 6.07) is 6.45. The Morgan fingerprint density at radius 3 is 2.86 bits per heavy atom. The third kappa shape index (κ3) is 5.16. The van der Waals surface area contributed by atoms with E-state index in [2.05, 4.69) is 16.7 Å². The van der Waals surface area contributed by atoms with Crippen LogP contribution in [0.3, 0.4) is 0 Å². The van der Waals surface area contributed by atoms with E-state index in [-0.39, 0.29) is 6.03 Å². The molecule has 2 N–H and O–H groups in total. The summed E-state index contributed by atoms with van der Waals surface area (Å²) in [6.45, 7) is 2.66. The number of amides is 2. The summed E-state index contributed by atoms with van der Waals surface area (Å²) in [6.07, 6.45) is 2.96. The van der Waals surface area contributed by atoms with Crippen molar-refractivity contribution in [3.63, 3.8) is 0 Å². The first-order valence-corrected chi connectivity index (χ1v) is 8.60. The predicted octanol–water partition coefficient (Wildman–Crippen LogP) is 2.74. The first kappa shape index (κ1) is 16.0. The Hall–Kier alpha value is -1.36. The highest BCUT2D eigenvalue weighted by molar-refractivity contribution is 7.99. The molecule has 1 aliphatic heterocycles. The van der Waals surface area contributed by atoms with Crippen molar-refractivity contribution in [3.05, 3.63) is 29.3 Å². The molecule has 0 radical (unpaired) electrons. The number of carbonyl (C=O) groups excluding carboxylic acids is 1. The number of urea groups is 1. The molecule has 1 saturated heterocycles. The molecular weight excluding hydrogens is 284 g/mol. The number of rotatable bonds is 5. The summed E-state index contributed by atoms with van der Waals surface area (Å²) in [4.78, 5) is 11.8. The maximum atomic E-state index is 11.8. The van der Waals surface area contributed by atoms with Gasteiger partial charge in [-0.15, -0.1) is 0 Å². The minimum absolute atomic E-state index is 0.0500. The minimum Gasteiger partial charge on any atom is -0.496 e. The van der Waals surface area contributed by atoms with E-state index in [9.17, 15) is 4.79 Å². The molecule has 5 heteroatoms. The average Bonchev–Trinajstić information content (AvgIpc) is 2.50. The van der Waals surface area contributed by atoms with Crippen molar-refractivity contribution in [2.45, 2.75) is 32.2 Å². The average molecular weight is 308 g/mol. The largest absolute Gasteiger partial charge is 0.496 e. The van der Waals surface area contributed by atoms with Crippen LogP contribution < -0.4 is 15.4 Å². The van der Waals surface area contributed by atoms with Crippen LogP contribution in [0.5, 0.6) is 5.75 Å². The first-order valence-electron chi connectivity index (χ1n) is 7.44. The Balaban J connectivity index is 1.72. The standard InChI is InChI=1S/C16H24N2O2S/c1-12-3-4-13(11-15(12)20-2)5-8-17-16(19)18-14-6-9-21-10-7-14/h3-4,11,14H,5-10H2,1-2H3,(H2,17,18,19). The molecule has 1 heterocycles. The Morgan fingerprint density at radius 1 is 1.38 bits per heavy atom. The van der Waals surface area contributed by atoms with E-state index in [1.165, 1.54) is 5.56 Å². The number of hydrogen-bond donors (Lipinski definition) is 2. The van der Waals surface area contributed by atoms with Gasteiger partial charge in [0.1, 0.15) is 5.75 Å². The second-order valence-electron chi connectivity index (χ2n) is 5.34. The molecule has 0 spiro atoms. The maximum absolute atomic E-state index is 11.8. The lowest BCUT2D eigenvalue weighted by Crippen LogP contribution is -2.44. The van der Waals surface area contributed by atoms with Crippen LogP contribution in [0.2, 0.25) is 0 Å². The van der Waals surface area contributed by atoms with E-state index in [1.807, 2.05) is 30.8 Å². The normalized spacial score (nSPS) is 15.5. The maximum Gasteiger partial charge on any atom is 0.315 e. The molecule has 1 fully saturated rings. The highest BCUT2D eigenvalue weighted by Crippen LogP contribution is 2.19. The van der Waals surface area contributed by atoms with Gasteiger partial charge < -0.3 is 15.4 Å². The Kier molecular flexibility index (Phi) is 6.23. The van der Waals surface area contributed by atoms with Crippen molar-refractivity contribution in [2.75, 3.05) is 25.2 Å². The number of methoxy groups -OCH3 is 1. The molecule has 0 unspecified atom stereocenters. The summed E-state index contributed by atoms with van der Waals surface area (Å²) in [7, 11) is 1.68. The number of hydrogen-bond acceptors (Lipinski definition) is 3. The van der Waals surface area contributed by atoms with Crippen molar-refractivity contribution in [3.8, 4) is 5.75 Å². The summed E-state index contributed by atoms with van der Waals surface area (Å²) >= 11 is 1.96. The van der Waals surface area contributed by atoms with Gasteiger partial charge in [0.15, 0.2) is 0 Å². The first-order chi connectivity index (χ1) is 10.2. The lowest BCUT2D eigenvalue weighted by Gasteiger charge is -2.22. The smallest absolute Gasteiger partial charge is 0.315 e. The van der Waals surface area contributed by atoms with E-state index in [1.54, 1.807) is 7.11 Å². The molecule has 0 bridgehead atoms. The fraction of sp³-hybridized carbons (Fsp3) is 0.562. The number of ether oxygens (including phenoxy) is 1. The topological polar surface area (TPSA) is 50.4 Å². The lowest BCUT2D eigenvalue weighted by atomic mass is 10.1. The zero-order valence-electron chi connectivity index (χ0n) is 12.8. The Bertz CT molecular complexity index is 473. The zero-order chi connectivity index (χ0) is 15.1. The van der Waals surface area contributed by atoms with Gasteiger partial charge in [-0.25, -0.2) is 4.79 Å². The van der Waals surface area contributed by atoms with Gasteiger partial charge >= 0.3 is 6.03 Å². The van der Waals surface area contributed by atoms with Crippen LogP contribution in [0.1, 0.15) is 24.0 Å². The number of nitrogens with one attached hydrogen (secondary N) is 2. The van der Waals surface area contributed by atoms with E-state index >= 15 is 0 Å². The van der Waals surface area contributed by atoms with Gasteiger partial charge in [0.05, 0.1) is 7.11 Å². The third-order valence-electron chi connectivity index (χ3n) is 3.73. The molecule has 1 aromatic rings. The fourth-order valence-electron chi connectivity index (χ4n) is 2.42. The fourth-order valence-corrected chi connectivity index (χ4v) is 3.53. The van der Waals surface area contributed by atoms with Crippen molar-refractivity contribution in [1.82, 2.24) is 10.6 Å². The molecule has 2 rings (SSSR count). The molecule has 21 heavy (non-hydrogen) atoms.